The molecule has 1 unspecified atom stereocenters. The van der Waals surface area contributed by atoms with Crippen molar-refractivity contribution in [3.8, 4) is 0 Å². The molecule has 28 heavy (non-hydrogen) atoms. The number of nitrogens with one attached hydrogen (secondary N) is 1. The molecule has 0 aliphatic carbocycles. The van der Waals surface area contributed by atoms with Gasteiger partial charge in [0.15, 0.2) is 0 Å². The van der Waals surface area contributed by atoms with Crippen molar-refractivity contribution in [3.05, 3.63) is 64.6 Å². The maximum absolute atomic E-state index is 12.8. The van der Waals surface area contributed by atoms with Crippen molar-refractivity contribution in [2.24, 2.45) is 0 Å². The number of benzene rings is 2. The van der Waals surface area contributed by atoms with E-state index in [1.807, 2.05) is 37.4 Å². The minimum Gasteiger partial charge on any atom is -0.375 e. The molecular weight excluding hydrogens is 418 g/mol. The van der Waals surface area contributed by atoms with Gasteiger partial charge >= 0.3 is 0 Å². The molecule has 2 aromatic rings. The third-order valence-electron chi connectivity index (χ3n) is 5.07. The topological polar surface area (TPSA) is 52.7 Å². The highest BCUT2D eigenvalue weighted by Gasteiger charge is 2.34. The fourth-order valence-corrected chi connectivity index (χ4v) is 3.76. The zero-order valence-corrected chi connectivity index (χ0v) is 17.7. The summed E-state index contributed by atoms with van der Waals surface area (Å²) in [6.07, 6.45) is 2.43. The zero-order valence-electron chi connectivity index (χ0n) is 16.1. The molecule has 1 fully saturated rings. The number of hydrogen-bond donors (Lipinski definition) is 1. The van der Waals surface area contributed by atoms with Crippen LogP contribution in [-0.4, -0.2) is 49.4 Å². The molecule has 0 spiro atoms. The molecule has 2 aromatic carbocycles. The van der Waals surface area contributed by atoms with E-state index < -0.39 is 0 Å². The molecule has 0 saturated carbocycles. The van der Waals surface area contributed by atoms with Gasteiger partial charge in [-0.15, -0.1) is 0 Å². The van der Waals surface area contributed by atoms with Crippen molar-refractivity contribution in [1.82, 2.24) is 10.2 Å². The third-order valence-corrected chi connectivity index (χ3v) is 5.60. The summed E-state index contributed by atoms with van der Waals surface area (Å²) in [6.45, 7) is 2.09. The second kappa shape index (κ2) is 9.73. The second-order valence-corrected chi connectivity index (χ2v) is 7.98. The Labute approximate surface area is 174 Å². The highest BCUT2D eigenvalue weighted by molar-refractivity contribution is 9.10. The highest BCUT2D eigenvalue weighted by atomic mass is 79.9. The standard InChI is InChI=1S/C22H26BrN3O2/c1-25(19-7-3-2-4-8-19)15-6-14-24-21(27)20-9-5-16-26(20)22(28)17-10-12-18(23)13-11-17/h2-4,7-8,10-13,20H,5-6,9,14-16H2,1H3,(H,24,27). The van der Waals surface area contributed by atoms with Crippen LogP contribution in [0.5, 0.6) is 0 Å². The molecular formula is C22H26BrN3O2. The lowest BCUT2D eigenvalue weighted by Crippen LogP contribution is -2.46. The number of anilines is 1. The van der Waals surface area contributed by atoms with E-state index in [9.17, 15) is 9.59 Å². The molecule has 1 aliphatic heterocycles. The molecule has 1 N–H and O–H groups in total. The number of rotatable bonds is 7. The van der Waals surface area contributed by atoms with Gasteiger partial charge in [0, 0.05) is 42.4 Å². The van der Waals surface area contributed by atoms with Crippen LogP contribution >= 0.6 is 15.9 Å². The summed E-state index contributed by atoms with van der Waals surface area (Å²) in [7, 11) is 2.05. The van der Waals surface area contributed by atoms with Crippen LogP contribution in [0.3, 0.4) is 0 Å². The number of nitrogens with zero attached hydrogens (tertiary/aromatic N) is 2. The van der Waals surface area contributed by atoms with Crippen LogP contribution in [0.4, 0.5) is 5.69 Å². The molecule has 0 aromatic heterocycles. The van der Waals surface area contributed by atoms with Crippen molar-refractivity contribution >= 4 is 33.4 Å². The number of halogens is 1. The van der Waals surface area contributed by atoms with Crippen LogP contribution < -0.4 is 10.2 Å². The molecule has 3 rings (SSSR count). The Kier molecular flexibility index (Phi) is 7.09. The van der Waals surface area contributed by atoms with Crippen molar-refractivity contribution < 1.29 is 9.59 Å². The van der Waals surface area contributed by atoms with Gasteiger partial charge in [0.2, 0.25) is 5.91 Å². The Balaban J connectivity index is 1.48. The third kappa shape index (κ3) is 5.13. The summed E-state index contributed by atoms with van der Waals surface area (Å²) in [6, 6.07) is 17.1. The number of para-hydroxylation sites is 1. The first-order valence-corrected chi connectivity index (χ1v) is 10.5. The van der Waals surface area contributed by atoms with Crippen molar-refractivity contribution in [1.29, 1.82) is 0 Å². The van der Waals surface area contributed by atoms with Crippen LogP contribution in [0.15, 0.2) is 59.1 Å². The average molecular weight is 444 g/mol. The predicted octanol–water partition coefficient (Wildman–Crippen LogP) is 3.70. The van der Waals surface area contributed by atoms with E-state index in [2.05, 4.69) is 38.3 Å². The number of hydrogen-bond acceptors (Lipinski definition) is 3. The molecule has 0 bridgehead atoms. The summed E-state index contributed by atoms with van der Waals surface area (Å²) in [4.78, 5) is 29.3. The summed E-state index contributed by atoms with van der Waals surface area (Å²) < 4.78 is 0.931. The molecule has 1 aliphatic rings. The smallest absolute Gasteiger partial charge is 0.254 e. The first kappa shape index (κ1) is 20.4. The van der Waals surface area contributed by atoms with E-state index in [4.69, 9.17) is 0 Å². The second-order valence-electron chi connectivity index (χ2n) is 7.07. The molecule has 1 atom stereocenters. The lowest BCUT2D eigenvalue weighted by molar-refractivity contribution is -0.124. The van der Waals surface area contributed by atoms with Gasteiger partial charge in [-0.1, -0.05) is 34.1 Å². The molecule has 1 heterocycles. The normalized spacial score (nSPS) is 16.1. The van der Waals surface area contributed by atoms with E-state index in [0.717, 1.165) is 36.0 Å². The Morgan fingerprint density at radius 3 is 2.57 bits per heavy atom. The highest BCUT2D eigenvalue weighted by Crippen LogP contribution is 2.21. The average Bonchev–Trinajstić information content (AvgIpc) is 3.21. The lowest BCUT2D eigenvalue weighted by atomic mass is 10.1. The maximum Gasteiger partial charge on any atom is 0.254 e. The number of carbonyl (C=O) groups excluding carboxylic acids is 2. The quantitative estimate of drug-likeness (QED) is 0.663. The Bertz CT molecular complexity index is 795. The minimum atomic E-state index is -0.372. The largest absolute Gasteiger partial charge is 0.375 e. The summed E-state index contributed by atoms with van der Waals surface area (Å²) in [5, 5.41) is 3.01. The predicted molar refractivity (Wildman–Crippen MR) is 116 cm³/mol. The Morgan fingerprint density at radius 2 is 1.86 bits per heavy atom. The van der Waals surface area contributed by atoms with Gasteiger partial charge in [-0.3, -0.25) is 9.59 Å². The van der Waals surface area contributed by atoms with E-state index in [1.165, 1.54) is 0 Å². The van der Waals surface area contributed by atoms with Gasteiger partial charge in [0.1, 0.15) is 6.04 Å². The first-order chi connectivity index (χ1) is 13.6. The summed E-state index contributed by atoms with van der Waals surface area (Å²) in [5.41, 5.74) is 1.78. The summed E-state index contributed by atoms with van der Waals surface area (Å²) in [5.74, 6) is -0.126. The fourth-order valence-electron chi connectivity index (χ4n) is 3.50. The Hall–Kier alpha value is -2.34. The van der Waals surface area contributed by atoms with Gasteiger partial charge in [0.25, 0.3) is 5.91 Å². The van der Waals surface area contributed by atoms with E-state index in [-0.39, 0.29) is 17.9 Å². The van der Waals surface area contributed by atoms with Crippen LogP contribution in [0.2, 0.25) is 0 Å². The number of amides is 2. The van der Waals surface area contributed by atoms with Crippen molar-refractivity contribution in [3.63, 3.8) is 0 Å². The number of likely N-dealkylation sites (tertiary alicyclic amines) is 1. The maximum atomic E-state index is 12.8. The van der Waals surface area contributed by atoms with Gasteiger partial charge in [-0.25, -0.2) is 0 Å². The molecule has 2 amide bonds. The minimum absolute atomic E-state index is 0.0506. The van der Waals surface area contributed by atoms with Crippen LogP contribution in [0.25, 0.3) is 0 Å². The van der Waals surface area contributed by atoms with Gasteiger partial charge in [0.05, 0.1) is 0 Å². The SMILES string of the molecule is CN(CCCNC(=O)C1CCCN1C(=O)c1ccc(Br)cc1)c1ccccc1. The lowest BCUT2D eigenvalue weighted by Gasteiger charge is -2.24. The molecule has 6 heteroatoms. The molecule has 148 valence electrons. The van der Waals surface area contributed by atoms with E-state index in [1.54, 1.807) is 17.0 Å². The van der Waals surface area contributed by atoms with Crippen molar-refractivity contribution in [2.75, 3.05) is 31.6 Å². The van der Waals surface area contributed by atoms with Crippen LogP contribution in [0.1, 0.15) is 29.6 Å². The number of carbonyl (C=O) groups is 2. The van der Waals surface area contributed by atoms with E-state index in [0.29, 0.717) is 18.7 Å². The van der Waals surface area contributed by atoms with Crippen molar-refractivity contribution in [2.45, 2.75) is 25.3 Å². The first-order valence-electron chi connectivity index (χ1n) is 9.66. The van der Waals surface area contributed by atoms with Gasteiger partial charge in [-0.2, -0.15) is 0 Å². The molecule has 1 saturated heterocycles. The van der Waals surface area contributed by atoms with Gasteiger partial charge < -0.3 is 15.1 Å². The zero-order chi connectivity index (χ0) is 19.9. The monoisotopic (exact) mass is 443 g/mol. The summed E-state index contributed by atoms with van der Waals surface area (Å²) >= 11 is 3.38. The van der Waals surface area contributed by atoms with Crippen LogP contribution in [0, 0.1) is 0 Å². The van der Waals surface area contributed by atoms with E-state index >= 15 is 0 Å². The molecule has 0 radical (unpaired) electrons. The van der Waals surface area contributed by atoms with Gasteiger partial charge in [-0.05, 0) is 55.7 Å². The van der Waals surface area contributed by atoms with Crippen LogP contribution in [-0.2, 0) is 4.79 Å². The molecule has 5 nitrogen and oxygen atoms in total. The fraction of sp³-hybridized carbons (Fsp3) is 0.364. The Morgan fingerprint density at radius 1 is 1.14 bits per heavy atom.